The maximum atomic E-state index is 12.7. The minimum atomic E-state index is -4.47. The molecule has 2 aliphatic rings. The highest BCUT2D eigenvalue weighted by atomic mass is 32.2. The molecule has 0 bridgehead atoms. The van der Waals surface area contributed by atoms with Crippen molar-refractivity contribution in [1.82, 2.24) is 14.8 Å². The summed E-state index contributed by atoms with van der Waals surface area (Å²) in [5, 5.41) is 4.61. The Labute approximate surface area is 208 Å². The Kier molecular flexibility index (Phi) is 6.32. The second kappa shape index (κ2) is 9.32. The zero-order chi connectivity index (χ0) is 25.5. The summed E-state index contributed by atoms with van der Waals surface area (Å²) in [6.45, 7) is -1.02. The zero-order valence-electron chi connectivity index (χ0n) is 18.8. The van der Waals surface area contributed by atoms with Crippen LogP contribution in [0.25, 0.3) is 22.4 Å². The number of halogens is 3. The zero-order valence-corrected chi connectivity index (χ0v) is 20.4. The van der Waals surface area contributed by atoms with Crippen LogP contribution in [-0.4, -0.2) is 66.2 Å². The number of ether oxygens (including phenoxy) is 1. The van der Waals surface area contributed by atoms with Crippen LogP contribution in [0.2, 0.25) is 0 Å². The highest BCUT2D eigenvalue weighted by Gasteiger charge is 2.30. The van der Waals surface area contributed by atoms with E-state index in [1.165, 1.54) is 11.3 Å². The molecule has 36 heavy (non-hydrogen) atoms. The number of aliphatic imine (C=N–C) groups is 2. The van der Waals surface area contributed by atoms with Crippen molar-refractivity contribution in [2.75, 3.05) is 24.7 Å². The average molecular weight is 539 g/mol. The highest BCUT2D eigenvalue weighted by Crippen LogP contribution is 2.40. The highest BCUT2D eigenvalue weighted by molar-refractivity contribution is 7.91. The molecule has 0 aliphatic carbocycles. The molecule has 2 aliphatic heterocycles. The third-order valence-corrected chi connectivity index (χ3v) is 8.70. The molecular formula is C22H21F3N6O3S2. The van der Waals surface area contributed by atoms with Gasteiger partial charge in [-0.25, -0.2) is 18.4 Å². The van der Waals surface area contributed by atoms with Gasteiger partial charge in [-0.1, -0.05) is 6.07 Å². The van der Waals surface area contributed by atoms with E-state index in [9.17, 15) is 21.6 Å². The van der Waals surface area contributed by atoms with Crippen molar-refractivity contribution < 1.29 is 26.3 Å². The van der Waals surface area contributed by atoms with Crippen molar-refractivity contribution in [3.8, 4) is 28.1 Å². The van der Waals surface area contributed by atoms with E-state index in [-0.39, 0.29) is 28.4 Å². The molecule has 0 radical (unpaired) electrons. The first-order valence-corrected chi connectivity index (χ1v) is 13.6. The number of hydrogen-bond acceptors (Lipinski definition) is 7. The second-order valence-corrected chi connectivity index (χ2v) is 11.7. The first-order valence-electron chi connectivity index (χ1n) is 11.0. The van der Waals surface area contributed by atoms with Crippen LogP contribution in [0.4, 0.5) is 13.2 Å². The van der Waals surface area contributed by atoms with E-state index in [1.54, 1.807) is 10.9 Å². The number of nitrogens with two attached hydrogens (primary N) is 1. The van der Waals surface area contributed by atoms with E-state index in [0.29, 0.717) is 36.5 Å². The number of benzene rings is 1. The molecule has 2 N–H and O–H groups in total. The largest absolute Gasteiger partial charge is 0.492 e. The van der Waals surface area contributed by atoms with E-state index in [4.69, 9.17) is 10.5 Å². The molecule has 9 nitrogen and oxygen atoms in total. The lowest BCUT2D eigenvalue weighted by Crippen LogP contribution is -2.14. The van der Waals surface area contributed by atoms with Gasteiger partial charge in [0.05, 0.1) is 42.4 Å². The van der Waals surface area contributed by atoms with Crippen molar-refractivity contribution in [3.05, 3.63) is 40.5 Å². The average Bonchev–Trinajstić information content (AvgIpc) is 3.52. The molecular weight excluding hydrogens is 517 g/mol. The number of thiazole rings is 1. The third-order valence-electron chi connectivity index (χ3n) is 5.83. The molecule has 5 rings (SSSR count). The number of hydrogen-bond donors (Lipinski definition) is 1. The van der Waals surface area contributed by atoms with E-state index < -0.39 is 22.6 Å². The predicted octanol–water partition coefficient (Wildman–Crippen LogP) is 3.26. The molecule has 14 heteroatoms. The Morgan fingerprint density at radius 1 is 1.33 bits per heavy atom. The molecule has 1 fully saturated rings. The monoisotopic (exact) mass is 538 g/mol. The Balaban J connectivity index is 1.45. The van der Waals surface area contributed by atoms with Gasteiger partial charge < -0.3 is 10.5 Å². The van der Waals surface area contributed by atoms with Crippen molar-refractivity contribution in [2.45, 2.75) is 25.1 Å². The van der Waals surface area contributed by atoms with Gasteiger partial charge in [0.1, 0.15) is 12.3 Å². The van der Waals surface area contributed by atoms with Gasteiger partial charge in [-0.05, 0) is 24.1 Å². The normalized spacial score (nSPS) is 19.6. The number of amidine groups is 1. The molecule has 3 aromatic rings. The van der Waals surface area contributed by atoms with Crippen LogP contribution in [-0.2, 0) is 16.3 Å². The first-order chi connectivity index (χ1) is 17.1. The standard InChI is InChI=1S/C22H21F3N6O3S2/c23-22(24,25)11-27-20(28-12-26)21-30-19-16-2-1-13(7-17(16)34-5-3-18(19)35-21)14-8-29-31(9-14)15-4-6-36(32,33)10-15/h1-2,7-9,12,15H,3-6,10-11H2,(H2,26,27,28). The van der Waals surface area contributed by atoms with Crippen LogP contribution < -0.4 is 10.5 Å². The van der Waals surface area contributed by atoms with E-state index >= 15 is 0 Å². The van der Waals surface area contributed by atoms with Gasteiger partial charge >= 0.3 is 6.18 Å². The summed E-state index contributed by atoms with van der Waals surface area (Å²) < 4.78 is 69.4. The SMILES string of the molecule is NC=NC(=NCC(F)(F)F)c1nc2c(s1)CCOc1cc(-c3cnn(C4CCS(=O)(=O)C4)c3)ccc1-2. The van der Waals surface area contributed by atoms with Gasteiger partial charge in [0.2, 0.25) is 0 Å². The van der Waals surface area contributed by atoms with E-state index in [2.05, 4.69) is 20.1 Å². The van der Waals surface area contributed by atoms with Gasteiger partial charge in [-0.2, -0.15) is 18.3 Å². The number of nitrogens with zero attached hydrogens (tertiary/aromatic N) is 5. The van der Waals surface area contributed by atoms with Gasteiger partial charge in [0, 0.05) is 28.6 Å². The number of aromatic nitrogens is 3. The number of rotatable bonds is 4. The van der Waals surface area contributed by atoms with Gasteiger partial charge in [-0.15, -0.1) is 11.3 Å². The van der Waals surface area contributed by atoms with Gasteiger partial charge in [0.25, 0.3) is 0 Å². The van der Waals surface area contributed by atoms with Crippen LogP contribution in [0.15, 0.2) is 40.6 Å². The topological polar surface area (TPSA) is 125 Å². The summed E-state index contributed by atoms with van der Waals surface area (Å²) >= 11 is 1.21. The summed E-state index contributed by atoms with van der Waals surface area (Å²) in [5.74, 6) is 0.652. The van der Waals surface area contributed by atoms with Crippen LogP contribution in [0.5, 0.6) is 5.75 Å². The second-order valence-electron chi connectivity index (χ2n) is 8.40. The summed E-state index contributed by atoms with van der Waals surface area (Å²) in [4.78, 5) is 12.7. The molecule has 190 valence electrons. The van der Waals surface area contributed by atoms with Crippen LogP contribution >= 0.6 is 11.3 Å². The maximum Gasteiger partial charge on any atom is 0.408 e. The quantitative estimate of drug-likeness (QED) is 0.402. The fraction of sp³-hybridized carbons (Fsp3) is 0.364. The first kappa shape index (κ1) is 24.4. The fourth-order valence-electron chi connectivity index (χ4n) is 4.17. The Hall–Kier alpha value is -3.26. The lowest BCUT2D eigenvalue weighted by atomic mass is 10.0. The smallest absolute Gasteiger partial charge is 0.408 e. The van der Waals surface area contributed by atoms with Crippen LogP contribution in [0, 0.1) is 0 Å². The summed E-state index contributed by atoms with van der Waals surface area (Å²) in [7, 11) is -3.03. The molecule has 0 saturated carbocycles. The Bertz CT molecular complexity index is 1460. The van der Waals surface area contributed by atoms with E-state index in [1.807, 2.05) is 24.4 Å². The molecule has 0 spiro atoms. The number of fused-ring (bicyclic) bond motifs is 3. The molecule has 1 unspecified atom stereocenters. The van der Waals surface area contributed by atoms with Crippen molar-refractivity contribution in [3.63, 3.8) is 0 Å². The van der Waals surface area contributed by atoms with Crippen LogP contribution in [0.1, 0.15) is 22.3 Å². The Morgan fingerprint density at radius 2 is 2.17 bits per heavy atom. The summed E-state index contributed by atoms with van der Waals surface area (Å²) in [5.41, 5.74) is 8.28. The van der Waals surface area contributed by atoms with E-state index in [0.717, 1.165) is 22.3 Å². The molecule has 1 atom stereocenters. The third kappa shape index (κ3) is 5.14. The lowest BCUT2D eigenvalue weighted by molar-refractivity contribution is -0.118. The fourth-order valence-corrected chi connectivity index (χ4v) is 6.89. The number of alkyl halides is 3. The predicted molar refractivity (Wildman–Crippen MR) is 130 cm³/mol. The van der Waals surface area contributed by atoms with Crippen molar-refractivity contribution in [1.29, 1.82) is 0 Å². The number of sulfone groups is 1. The van der Waals surface area contributed by atoms with Gasteiger partial charge in [0.15, 0.2) is 20.7 Å². The Morgan fingerprint density at radius 3 is 2.89 bits per heavy atom. The lowest BCUT2D eigenvalue weighted by Gasteiger charge is -2.09. The maximum absolute atomic E-state index is 12.7. The molecule has 0 amide bonds. The minimum absolute atomic E-state index is 0.0822. The minimum Gasteiger partial charge on any atom is -0.492 e. The molecule has 1 saturated heterocycles. The molecule has 4 heterocycles. The summed E-state index contributed by atoms with van der Waals surface area (Å²) in [6, 6.07) is 5.39. The summed E-state index contributed by atoms with van der Waals surface area (Å²) in [6.07, 6.45) is 0.985. The molecule has 1 aromatic carbocycles. The van der Waals surface area contributed by atoms with Crippen molar-refractivity contribution in [2.24, 2.45) is 15.7 Å². The van der Waals surface area contributed by atoms with Crippen LogP contribution in [0.3, 0.4) is 0 Å². The molecule has 2 aromatic heterocycles. The van der Waals surface area contributed by atoms with Crippen molar-refractivity contribution >= 4 is 33.3 Å². The van der Waals surface area contributed by atoms with Gasteiger partial charge in [-0.3, -0.25) is 9.67 Å².